The van der Waals surface area contributed by atoms with E-state index >= 15 is 0 Å². The molecule has 0 atom stereocenters. The third-order valence-corrected chi connectivity index (χ3v) is 2.76. The van der Waals surface area contributed by atoms with Gasteiger partial charge < -0.3 is 2.85 Å². The van der Waals surface area contributed by atoms with Crippen molar-refractivity contribution in [3.63, 3.8) is 0 Å². The molecule has 0 saturated heterocycles. The Kier molecular flexibility index (Phi) is 9.04. The van der Waals surface area contributed by atoms with Gasteiger partial charge in [0.1, 0.15) is 0 Å². The summed E-state index contributed by atoms with van der Waals surface area (Å²) >= 11 is 9.02. The van der Waals surface area contributed by atoms with E-state index in [0.29, 0.717) is 0 Å². The zero-order valence-corrected chi connectivity index (χ0v) is 12.9. The summed E-state index contributed by atoms with van der Waals surface area (Å²) in [6, 6.07) is 17.7. The maximum absolute atomic E-state index is 5.71. The molecule has 0 amide bonds. The van der Waals surface area contributed by atoms with E-state index in [-0.39, 0.29) is 25.9 Å². The largest absolute Gasteiger partial charge is 2.00 e. The first-order chi connectivity index (χ1) is 7.20. The molecule has 2 aromatic carbocycles. The van der Waals surface area contributed by atoms with Crippen molar-refractivity contribution in [2.24, 2.45) is 0 Å². The SMILES string of the molecule is Brc1ccccc1.Cc1ccccc1Cl.[H-].[H-].[Mg+2]. The fourth-order valence-corrected chi connectivity index (χ4v) is 1.41. The van der Waals surface area contributed by atoms with Crippen molar-refractivity contribution in [1.82, 2.24) is 0 Å². The molecule has 0 aromatic heterocycles. The summed E-state index contributed by atoms with van der Waals surface area (Å²) < 4.78 is 1.13. The summed E-state index contributed by atoms with van der Waals surface area (Å²) in [4.78, 5) is 0. The molecule has 0 aliphatic rings. The molecule has 0 heterocycles. The summed E-state index contributed by atoms with van der Waals surface area (Å²) in [6.07, 6.45) is 0. The van der Waals surface area contributed by atoms with Gasteiger partial charge in [0.15, 0.2) is 0 Å². The topological polar surface area (TPSA) is 0 Å². The minimum atomic E-state index is 0. The van der Waals surface area contributed by atoms with E-state index in [1.165, 1.54) is 0 Å². The monoisotopic (exact) mass is 308 g/mol. The Morgan fingerprint density at radius 2 is 1.44 bits per heavy atom. The Labute approximate surface area is 129 Å². The van der Waals surface area contributed by atoms with E-state index < -0.39 is 0 Å². The van der Waals surface area contributed by atoms with Crippen LogP contribution < -0.4 is 0 Å². The van der Waals surface area contributed by atoms with E-state index in [9.17, 15) is 0 Å². The summed E-state index contributed by atoms with van der Waals surface area (Å²) in [7, 11) is 0. The summed E-state index contributed by atoms with van der Waals surface area (Å²) in [6.45, 7) is 1.99. The van der Waals surface area contributed by atoms with Crippen molar-refractivity contribution < 1.29 is 2.85 Å². The molecular formula is C13H14BrClMg. The van der Waals surface area contributed by atoms with Crippen LogP contribution in [0, 0.1) is 6.92 Å². The number of aryl methyl sites for hydroxylation is 1. The molecule has 0 unspecified atom stereocenters. The van der Waals surface area contributed by atoms with E-state index in [2.05, 4.69) is 15.9 Å². The molecule has 0 saturated carbocycles. The van der Waals surface area contributed by atoms with Crippen molar-refractivity contribution in [2.75, 3.05) is 0 Å². The third kappa shape index (κ3) is 6.54. The van der Waals surface area contributed by atoms with Gasteiger partial charge in [-0.25, -0.2) is 0 Å². The summed E-state index contributed by atoms with van der Waals surface area (Å²) in [5.74, 6) is 0. The van der Waals surface area contributed by atoms with Crippen LogP contribution in [0.5, 0.6) is 0 Å². The van der Waals surface area contributed by atoms with Crippen LogP contribution >= 0.6 is 27.5 Å². The van der Waals surface area contributed by atoms with Gasteiger partial charge in [0.05, 0.1) is 0 Å². The van der Waals surface area contributed by atoms with Crippen LogP contribution in [-0.4, -0.2) is 23.1 Å². The zero-order valence-electron chi connectivity index (χ0n) is 11.2. The Hall–Kier alpha value is -0.0238. The van der Waals surface area contributed by atoms with Gasteiger partial charge in [-0.1, -0.05) is 63.9 Å². The maximum Gasteiger partial charge on any atom is 2.00 e. The van der Waals surface area contributed by atoms with Crippen molar-refractivity contribution in [3.8, 4) is 0 Å². The number of rotatable bonds is 0. The number of halogens is 2. The Bertz CT molecular complexity index is 392. The van der Waals surface area contributed by atoms with Gasteiger partial charge in [-0.2, -0.15) is 0 Å². The van der Waals surface area contributed by atoms with Crippen molar-refractivity contribution in [2.45, 2.75) is 6.92 Å². The van der Waals surface area contributed by atoms with E-state index in [0.717, 1.165) is 15.1 Å². The number of hydrogen-bond acceptors (Lipinski definition) is 0. The van der Waals surface area contributed by atoms with E-state index in [4.69, 9.17) is 11.6 Å². The summed E-state index contributed by atoms with van der Waals surface area (Å²) in [5.41, 5.74) is 1.13. The first-order valence-corrected chi connectivity index (χ1v) is 5.79. The Morgan fingerprint density at radius 3 is 1.75 bits per heavy atom. The fraction of sp³-hybridized carbons (Fsp3) is 0.0769. The van der Waals surface area contributed by atoms with Crippen LogP contribution in [0.1, 0.15) is 8.42 Å². The van der Waals surface area contributed by atoms with Crippen LogP contribution in [0.3, 0.4) is 0 Å². The van der Waals surface area contributed by atoms with Crippen LogP contribution in [0.15, 0.2) is 59.1 Å². The zero-order chi connectivity index (χ0) is 11.1. The van der Waals surface area contributed by atoms with Crippen molar-refractivity contribution in [1.29, 1.82) is 0 Å². The van der Waals surface area contributed by atoms with Crippen LogP contribution in [0.2, 0.25) is 5.02 Å². The normalized spacial score (nSPS) is 8.44. The van der Waals surface area contributed by atoms with Crippen molar-refractivity contribution >= 4 is 50.6 Å². The minimum absolute atomic E-state index is 0. The Balaban J connectivity index is -0.000000215. The molecule has 0 N–H and O–H groups in total. The molecule has 0 nitrogen and oxygen atoms in total. The van der Waals surface area contributed by atoms with E-state index in [1.54, 1.807) is 0 Å². The molecule has 16 heavy (non-hydrogen) atoms. The number of benzene rings is 2. The van der Waals surface area contributed by atoms with Gasteiger partial charge in [-0.05, 0) is 30.7 Å². The second-order valence-electron chi connectivity index (χ2n) is 3.04. The quantitative estimate of drug-likeness (QED) is 0.605. The standard InChI is InChI=1S/C7H7Cl.C6H5Br.Mg.2H/c1-6-4-2-3-5-7(6)8;7-6-4-2-1-3-5-6;;;/h2-5H,1H3;1-5H;;;/q;;+2;2*-1. The Morgan fingerprint density at radius 1 is 0.938 bits per heavy atom. The first kappa shape index (κ1) is 16.0. The molecule has 2 rings (SSSR count). The predicted octanol–water partition coefficient (Wildman–Crippen LogP) is 4.94. The third-order valence-electron chi connectivity index (χ3n) is 1.81. The molecule has 0 fully saturated rings. The summed E-state index contributed by atoms with van der Waals surface area (Å²) in [5, 5.41) is 0.840. The molecule has 0 aliphatic carbocycles. The van der Waals surface area contributed by atoms with Gasteiger partial charge in [-0.15, -0.1) is 0 Å². The van der Waals surface area contributed by atoms with Crippen molar-refractivity contribution in [3.05, 3.63) is 69.7 Å². The molecular weight excluding hydrogens is 296 g/mol. The number of hydrogen-bond donors (Lipinski definition) is 0. The van der Waals surface area contributed by atoms with E-state index in [1.807, 2.05) is 61.5 Å². The molecule has 82 valence electrons. The first-order valence-electron chi connectivity index (χ1n) is 4.62. The van der Waals surface area contributed by atoms with Crippen LogP contribution in [0.25, 0.3) is 0 Å². The van der Waals surface area contributed by atoms with Gasteiger partial charge in [0.2, 0.25) is 0 Å². The average Bonchev–Trinajstić information content (AvgIpc) is 2.25. The van der Waals surface area contributed by atoms with Gasteiger partial charge in [-0.3, -0.25) is 0 Å². The molecule has 0 aliphatic heterocycles. The fourth-order valence-electron chi connectivity index (χ4n) is 0.966. The second kappa shape index (κ2) is 9.05. The molecule has 0 radical (unpaired) electrons. The smallest absolute Gasteiger partial charge is 1.00 e. The predicted molar refractivity (Wildman–Crippen MR) is 78.3 cm³/mol. The second-order valence-corrected chi connectivity index (χ2v) is 4.37. The van der Waals surface area contributed by atoms with Gasteiger partial charge >= 0.3 is 23.1 Å². The average molecular weight is 310 g/mol. The molecule has 2 aromatic rings. The van der Waals surface area contributed by atoms with Gasteiger partial charge in [0, 0.05) is 9.50 Å². The minimum Gasteiger partial charge on any atom is -1.00 e. The van der Waals surface area contributed by atoms with Gasteiger partial charge in [0.25, 0.3) is 0 Å². The molecule has 0 spiro atoms. The molecule has 0 bridgehead atoms. The van der Waals surface area contributed by atoms with Crippen LogP contribution in [-0.2, 0) is 0 Å². The maximum atomic E-state index is 5.71. The van der Waals surface area contributed by atoms with Crippen LogP contribution in [0.4, 0.5) is 0 Å². The molecule has 3 heteroatoms.